The summed E-state index contributed by atoms with van der Waals surface area (Å²) in [4.78, 5) is 0. The van der Waals surface area contributed by atoms with E-state index in [0.29, 0.717) is 11.5 Å². The Morgan fingerprint density at radius 2 is 2.00 bits per heavy atom. The Morgan fingerprint density at radius 3 is 2.38 bits per heavy atom. The van der Waals surface area contributed by atoms with E-state index in [1.165, 1.54) is 6.42 Å². The molecule has 1 heteroatoms. The molecule has 0 aliphatic carbocycles. The molecule has 0 bridgehead atoms. The van der Waals surface area contributed by atoms with Crippen LogP contribution in [0.2, 0.25) is 0 Å². The molecule has 0 amide bonds. The molecule has 0 spiro atoms. The van der Waals surface area contributed by atoms with Crippen LogP contribution in [0.3, 0.4) is 0 Å². The highest BCUT2D eigenvalue weighted by Crippen LogP contribution is 2.23. The predicted molar refractivity (Wildman–Crippen MR) is 59.6 cm³/mol. The van der Waals surface area contributed by atoms with E-state index in [1.54, 1.807) is 0 Å². The molecule has 1 nitrogen and oxygen atoms in total. The second-order valence-corrected chi connectivity index (χ2v) is 4.57. The lowest BCUT2D eigenvalue weighted by atomic mass is 9.84. The van der Waals surface area contributed by atoms with E-state index in [1.807, 2.05) is 0 Å². The maximum absolute atomic E-state index is 5.23. The first-order chi connectivity index (χ1) is 6.02. The van der Waals surface area contributed by atoms with Crippen LogP contribution in [-0.4, -0.2) is 12.6 Å². The average Bonchev–Trinajstić information content (AvgIpc) is 2.01. The monoisotopic (exact) mass is 181 g/mol. The smallest absolute Gasteiger partial charge is 0.0116 e. The Morgan fingerprint density at radius 1 is 1.38 bits per heavy atom. The van der Waals surface area contributed by atoms with E-state index < -0.39 is 0 Å². The third-order valence-corrected chi connectivity index (χ3v) is 2.31. The van der Waals surface area contributed by atoms with Gasteiger partial charge in [-0.1, -0.05) is 27.7 Å². The highest BCUT2D eigenvalue weighted by atomic mass is 14.9. The second-order valence-electron chi connectivity index (χ2n) is 4.57. The van der Waals surface area contributed by atoms with Gasteiger partial charge in [-0.25, -0.2) is 0 Å². The summed E-state index contributed by atoms with van der Waals surface area (Å²) < 4.78 is 0. The molecular formula is C12H23N. The molecule has 13 heavy (non-hydrogen) atoms. The fraction of sp³-hybridized carbons (Fsp3) is 0.833. The minimum atomic E-state index is 0.338. The first-order valence-corrected chi connectivity index (χ1v) is 5.19. The van der Waals surface area contributed by atoms with Crippen LogP contribution in [0.5, 0.6) is 0 Å². The molecule has 76 valence electrons. The fourth-order valence-corrected chi connectivity index (χ4v) is 1.50. The Bertz CT molecular complexity index is 159. The van der Waals surface area contributed by atoms with Crippen LogP contribution < -0.4 is 5.32 Å². The lowest BCUT2D eigenvalue weighted by Gasteiger charge is -2.31. The van der Waals surface area contributed by atoms with Gasteiger partial charge in [-0.15, -0.1) is 12.3 Å². The number of hydrogen-bond donors (Lipinski definition) is 1. The van der Waals surface area contributed by atoms with E-state index in [0.717, 1.165) is 19.4 Å². The van der Waals surface area contributed by atoms with Crippen LogP contribution in [-0.2, 0) is 0 Å². The Balaban J connectivity index is 3.89. The molecule has 0 aromatic carbocycles. The molecule has 0 heterocycles. The maximum atomic E-state index is 5.23. The molecule has 0 radical (unpaired) electrons. The molecule has 1 N–H and O–H groups in total. The molecular weight excluding hydrogens is 158 g/mol. The van der Waals surface area contributed by atoms with Gasteiger partial charge in [-0.05, 0) is 24.8 Å². The van der Waals surface area contributed by atoms with Gasteiger partial charge in [0.25, 0.3) is 0 Å². The van der Waals surface area contributed by atoms with Crippen molar-refractivity contribution in [3.8, 4) is 12.3 Å². The Kier molecular flexibility index (Phi) is 5.82. The van der Waals surface area contributed by atoms with Crippen molar-refractivity contribution in [1.82, 2.24) is 5.32 Å². The number of rotatable bonds is 5. The number of hydrogen-bond acceptors (Lipinski definition) is 1. The summed E-state index contributed by atoms with van der Waals surface area (Å²) in [6, 6.07) is 0.589. The number of nitrogens with one attached hydrogen (secondary N) is 1. The topological polar surface area (TPSA) is 12.0 Å². The molecule has 0 aliphatic heterocycles. The zero-order chi connectivity index (χ0) is 10.3. The van der Waals surface area contributed by atoms with Crippen molar-refractivity contribution in [2.75, 3.05) is 6.54 Å². The Hall–Kier alpha value is -0.480. The van der Waals surface area contributed by atoms with Crippen LogP contribution in [0.15, 0.2) is 0 Å². The van der Waals surface area contributed by atoms with Gasteiger partial charge < -0.3 is 5.32 Å². The highest BCUT2D eigenvalue weighted by molar-refractivity contribution is 4.86. The molecule has 1 unspecified atom stereocenters. The van der Waals surface area contributed by atoms with Gasteiger partial charge in [0, 0.05) is 12.5 Å². The maximum Gasteiger partial charge on any atom is 0.0116 e. The fourth-order valence-electron chi connectivity index (χ4n) is 1.50. The van der Waals surface area contributed by atoms with E-state index in [9.17, 15) is 0 Å². The molecule has 0 aliphatic rings. The lowest BCUT2D eigenvalue weighted by Crippen LogP contribution is -2.40. The molecule has 0 saturated carbocycles. The van der Waals surface area contributed by atoms with Crippen molar-refractivity contribution >= 4 is 0 Å². The first kappa shape index (κ1) is 12.5. The van der Waals surface area contributed by atoms with E-state index in [-0.39, 0.29) is 0 Å². The summed E-state index contributed by atoms with van der Waals surface area (Å²) in [5, 5.41) is 3.51. The lowest BCUT2D eigenvalue weighted by molar-refractivity contribution is 0.255. The molecule has 0 aromatic rings. The largest absolute Gasteiger partial charge is 0.314 e. The third-order valence-electron chi connectivity index (χ3n) is 2.31. The number of terminal acetylenes is 1. The van der Waals surface area contributed by atoms with Gasteiger partial charge in [0.1, 0.15) is 0 Å². The molecule has 0 fully saturated rings. The van der Waals surface area contributed by atoms with Gasteiger partial charge >= 0.3 is 0 Å². The minimum absolute atomic E-state index is 0.338. The SMILES string of the molecule is C#CCCCC(NCC)C(C)(C)C. The van der Waals surface area contributed by atoms with E-state index in [2.05, 4.69) is 38.9 Å². The van der Waals surface area contributed by atoms with Gasteiger partial charge in [0.05, 0.1) is 0 Å². The zero-order valence-corrected chi connectivity index (χ0v) is 9.48. The minimum Gasteiger partial charge on any atom is -0.314 e. The standard InChI is InChI=1S/C12H23N/c1-6-8-9-10-11(13-7-2)12(3,4)5/h1,11,13H,7-10H2,2-5H3. The van der Waals surface area contributed by atoms with Crippen molar-refractivity contribution in [1.29, 1.82) is 0 Å². The van der Waals surface area contributed by atoms with Crippen molar-refractivity contribution in [3.05, 3.63) is 0 Å². The summed E-state index contributed by atoms with van der Waals surface area (Å²) >= 11 is 0. The van der Waals surface area contributed by atoms with E-state index in [4.69, 9.17) is 6.42 Å². The third kappa shape index (κ3) is 5.71. The van der Waals surface area contributed by atoms with Crippen LogP contribution in [0.4, 0.5) is 0 Å². The number of unbranched alkanes of at least 4 members (excludes halogenated alkanes) is 1. The van der Waals surface area contributed by atoms with E-state index >= 15 is 0 Å². The second kappa shape index (κ2) is 6.05. The average molecular weight is 181 g/mol. The van der Waals surface area contributed by atoms with Gasteiger partial charge in [0.2, 0.25) is 0 Å². The van der Waals surface area contributed by atoms with Crippen molar-refractivity contribution < 1.29 is 0 Å². The van der Waals surface area contributed by atoms with Crippen LogP contribution in [0.25, 0.3) is 0 Å². The molecule has 0 aromatic heterocycles. The molecule has 1 atom stereocenters. The summed E-state index contributed by atoms with van der Waals surface area (Å²) in [5.74, 6) is 2.69. The first-order valence-electron chi connectivity index (χ1n) is 5.19. The summed E-state index contributed by atoms with van der Waals surface area (Å²) in [6.45, 7) is 10.0. The highest BCUT2D eigenvalue weighted by Gasteiger charge is 2.22. The molecule has 0 rings (SSSR count). The summed E-state index contributed by atoms with van der Waals surface area (Å²) in [5.41, 5.74) is 0.338. The summed E-state index contributed by atoms with van der Waals surface area (Å²) in [6.07, 6.45) is 8.44. The summed E-state index contributed by atoms with van der Waals surface area (Å²) in [7, 11) is 0. The van der Waals surface area contributed by atoms with Crippen LogP contribution >= 0.6 is 0 Å². The van der Waals surface area contributed by atoms with Gasteiger partial charge in [-0.2, -0.15) is 0 Å². The Labute approximate surface area is 83.3 Å². The van der Waals surface area contributed by atoms with Crippen LogP contribution in [0.1, 0.15) is 47.0 Å². The van der Waals surface area contributed by atoms with Crippen molar-refractivity contribution in [2.45, 2.75) is 53.0 Å². The van der Waals surface area contributed by atoms with Crippen LogP contribution in [0, 0.1) is 17.8 Å². The molecule has 0 saturated heterocycles. The van der Waals surface area contributed by atoms with Crippen molar-refractivity contribution in [2.24, 2.45) is 5.41 Å². The van der Waals surface area contributed by atoms with Gasteiger partial charge in [-0.3, -0.25) is 0 Å². The zero-order valence-electron chi connectivity index (χ0n) is 9.48. The van der Waals surface area contributed by atoms with Crippen molar-refractivity contribution in [3.63, 3.8) is 0 Å². The predicted octanol–water partition coefficient (Wildman–Crippen LogP) is 2.81. The quantitative estimate of drug-likeness (QED) is 0.508. The normalized spacial score (nSPS) is 13.8. The van der Waals surface area contributed by atoms with Gasteiger partial charge in [0.15, 0.2) is 0 Å².